The van der Waals surface area contributed by atoms with Crippen LogP contribution in [-0.4, -0.2) is 12.0 Å². The van der Waals surface area contributed by atoms with Crippen molar-refractivity contribution in [2.75, 3.05) is 0 Å². The van der Waals surface area contributed by atoms with Crippen LogP contribution in [0.3, 0.4) is 0 Å². The van der Waals surface area contributed by atoms with Gasteiger partial charge in [-0.15, -0.1) is 5.48 Å². The minimum atomic E-state index is -0.331. The van der Waals surface area contributed by atoms with Crippen LogP contribution in [0.25, 0.3) is 0 Å². The molecule has 0 saturated heterocycles. The SMILES string of the molecule is CCC(CC)NOC(=O)c1ccccc1. The topological polar surface area (TPSA) is 38.3 Å². The van der Waals surface area contributed by atoms with E-state index in [1.807, 2.05) is 18.2 Å². The molecule has 0 aromatic heterocycles. The maximum absolute atomic E-state index is 11.5. The summed E-state index contributed by atoms with van der Waals surface area (Å²) in [5.74, 6) is -0.331. The van der Waals surface area contributed by atoms with E-state index in [0.29, 0.717) is 5.56 Å². The zero-order chi connectivity index (χ0) is 11.1. The average molecular weight is 207 g/mol. The third-order valence-corrected chi connectivity index (χ3v) is 2.31. The van der Waals surface area contributed by atoms with E-state index in [1.54, 1.807) is 12.1 Å². The van der Waals surface area contributed by atoms with Crippen molar-refractivity contribution in [3.05, 3.63) is 35.9 Å². The van der Waals surface area contributed by atoms with Crippen molar-refractivity contribution in [2.45, 2.75) is 32.7 Å². The normalized spacial score (nSPS) is 10.3. The summed E-state index contributed by atoms with van der Waals surface area (Å²) in [7, 11) is 0. The van der Waals surface area contributed by atoms with Crippen molar-refractivity contribution >= 4 is 5.97 Å². The summed E-state index contributed by atoms with van der Waals surface area (Å²) in [4.78, 5) is 16.5. The van der Waals surface area contributed by atoms with Crippen LogP contribution in [-0.2, 0) is 4.84 Å². The van der Waals surface area contributed by atoms with E-state index in [9.17, 15) is 4.79 Å². The van der Waals surface area contributed by atoms with Crippen LogP contribution in [0.15, 0.2) is 30.3 Å². The number of benzene rings is 1. The highest BCUT2D eigenvalue weighted by atomic mass is 16.7. The number of rotatable bonds is 5. The van der Waals surface area contributed by atoms with E-state index in [0.717, 1.165) is 12.8 Å². The zero-order valence-corrected chi connectivity index (χ0v) is 9.19. The molecule has 3 nitrogen and oxygen atoms in total. The van der Waals surface area contributed by atoms with Gasteiger partial charge in [0.2, 0.25) is 0 Å². The lowest BCUT2D eigenvalue weighted by molar-refractivity contribution is 0.0146. The van der Waals surface area contributed by atoms with Gasteiger partial charge in [-0.05, 0) is 25.0 Å². The Balaban J connectivity index is 2.43. The van der Waals surface area contributed by atoms with Crippen LogP contribution in [0.4, 0.5) is 0 Å². The summed E-state index contributed by atoms with van der Waals surface area (Å²) < 4.78 is 0. The largest absolute Gasteiger partial charge is 0.366 e. The first-order chi connectivity index (χ1) is 7.27. The maximum atomic E-state index is 11.5. The van der Waals surface area contributed by atoms with Crippen LogP contribution in [0, 0.1) is 0 Å². The van der Waals surface area contributed by atoms with Crippen molar-refractivity contribution in [3.63, 3.8) is 0 Å². The fourth-order valence-electron chi connectivity index (χ4n) is 1.23. The van der Waals surface area contributed by atoms with Gasteiger partial charge < -0.3 is 4.84 Å². The van der Waals surface area contributed by atoms with Crippen LogP contribution in [0.5, 0.6) is 0 Å². The fraction of sp³-hybridized carbons (Fsp3) is 0.417. The molecule has 0 unspecified atom stereocenters. The Hall–Kier alpha value is -1.35. The van der Waals surface area contributed by atoms with Crippen LogP contribution >= 0.6 is 0 Å². The van der Waals surface area contributed by atoms with Crippen molar-refractivity contribution in [3.8, 4) is 0 Å². The average Bonchev–Trinajstić information content (AvgIpc) is 2.31. The van der Waals surface area contributed by atoms with E-state index in [2.05, 4.69) is 19.3 Å². The highest BCUT2D eigenvalue weighted by Crippen LogP contribution is 2.01. The highest BCUT2D eigenvalue weighted by molar-refractivity contribution is 5.89. The molecule has 0 aliphatic rings. The van der Waals surface area contributed by atoms with E-state index in [4.69, 9.17) is 4.84 Å². The molecule has 3 heteroatoms. The first-order valence-electron chi connectivity index (χ1n) is 5.29. The molecule has 0 fully saturated rings. The Morgan fingerprint density at radius 2 is 1.87 bits per heavy atom. The van der Waals surface area contributed by atoms with Gasteiger partial charge in [0.25, 0.3) is 0 Å². The van der Waals surface area contributed by atoms with Gasteiger partial charge in [0, 0.05) is 6.04 Å². The first kappa shape index (κ1) is 11.7. The molecule has 0 bridgehead atoms. The molecule has 82 valence electrons. The van der Waals surface area contributed by atoms with E-state index in [-0.39, 0.29) is 12.0 Å². The van der Waals surface area contributed by atoms with Gasteiger partial charge in [-0.25, -0.2) is 4.79 Å². The van der Waals surface area contributed by atoms with Gasteiger partial charge in [0.05, 0.1) is 5.56 Å². The quantitative estimate of drug-likeness (QED) is 0.754. The molecular weight excluding hydrogens is 190 g/mol. The van der Waals surface area contributed by atoms with Gasteiger partial charge >= 0.3 is 5.97 Å². The molecule has 15 heavy (non-hydrogen) atoms. The van der Waals surface area contributed by atoms with Crippen molar-refractivity contribution < 1.29 is 9.63 Å². The molecule has 0 saturated carbocycles. The van der Waals surface area contributed by atoms with Crippen molar-refractivity contribution in [1.82, 2.24) is 5.48 Å². The van der Waals surface area contributed by atoms with Crippen molar-refractivity contribution in [2.24, 2.45) is 0 Å². The monoisotopic (exact) mass is 207 g/mol. The molecule has 0 spiro atoms. The Morgan fingerprint density at radius 3 is 2.40 bits per heavy atom. The summed E-state index contributed by atoms with van der Waals surface area (Å²) >= 11 is 0. The summed E-state index contributed by atoms with van der Waals surface area (Å²) in [5, 5.41) is 0. The van der Waals surface area contributed by atoms with Gasteiger partial charge in [-0.1, -0.05) is 32.0 Å². The summed E-state index contributed by atoms with van der Waals surface area (Å²) in [6.45, 7) is 4.11. The number of nitrogens with one attached hydrogen (secondary N) is 1. The zero-order valence-electron chi connectivity index (χ0n) is 9.19. The molecule has 1 aromatic carbocycles. The number of carbonyl (C=O) groups excluding carboxylic acids is 1. The van der Waals surface area contributed by atoms with Crippen molar-refractivity contribution in [1.29, 1.82) is 0 Å². The van der Waals surface area contributed by atoms with E-state index in [1.165, 1.54) is 0 Å². The van der Waals surface area contributed by atoms with Crippen LogP contribution in [0.1, 0.15) is 37.0 Å². The predicted octanol–water partition coefficient (Wildman–Crippen LogP) is 2.54. The van der Waals surface area contributed by atoms with E-state index >= 15 is 0 Å². The molecule has 1 aromatic rings. The number of hydrogen-bond acceptors (Lipinski definition) is 3. The second-order valence-electron chi connectivity index (χ2n) is 3.39. The molecule has 0 aliphatic heterocycles. The fourth-order valence-corrected chi connectivity index (χ4v) is 1.23. The third kappa shape index (κ3) is 3.72. The highest BCUT2D eigenvalue weighted by Gasteiger charge is 2.09. The smallest absolute Gasteiger partial charge is 0.356 e. The molecule has 0 heterocycles. The van der Waals surface area contributed by atoms with Crippen LogP contribution < -0.4 is 5.48 Å². The second kappa shape index (κ2) is 6.19. The molecule has 0 amide bonds. The van der Waals surface area contributed by atoms with Gasteiger partial charge in [0.1, 0.15) is 0 Å². The molecule has 0 atom stereocenters. The lowest BCUT2D eigenvalue weighted by atomic mass is 10.2. The second-order valence-corrected chi connectivity index (χ2v) is 3.39. The predicted molar refractivity (Wildman–Crippen MR) is 59.4 cm³/mol. The molecule has 0 radical (unpaired) electrons. The Morgan fingerprint density at radius 1 is 1.27 bits per heavy atom. The standard InChI is InChI=1S/C12H17NO2/c1-3-11(4-2)13-15-12(14)10-8-6-5-7-9-10/h5-9,11,13H,3-4H2,1-2H3. The Labute approximate surface area is 90.4 Å². The maximum Gasteiger partial charge on any atom is 0.356 e. The number of carbonyl (C=O) groups is 1. The van der Waals surface area contributed by atoms with Gasteiger partial charge in [-0.3, -0.25) is 0 Å². The lowest BCUT2D eigenvalue weighted by Gasteiger charge is -2.13. The van der Waals surface area contributed by atoms with E-state index < -0.39 is 0 Å². The Bertz CT molecular complexity index is 294. The summed E-state index contributed by atoms with van der Waals surface area (Å²) in [5.41, 5.74) is 3.33. The molecule has 1 rings (SSSR count). The molecule has 0 aliphatic carbocycles. The third-order valence-electron chi connectivity index (χ3n) is 2.31. The number of hydrogen-bond donors (Lipinski definition) is 1. The van der Waals surface area contributed by atoms with Crippen LogP contribution in [0.2, 0.25) is 0 Å². The molecule has 1 N–H and O–H groups in total. The molecular formula is C12H17NO2. The van der Waals surface area contributed by atoms with Gasteiger partial charge in [0.15, 0.2) is 0 Å². The summed E-state index contributed by atoms with van der Waals surface area (Å²) in [6.07, 6.45) is 1.89. The minimum Gasteiger partial charge on any atom is -0.366 e. The first-order valence-corrected chi connectivity index (χ1v) is 5.29. The minimum absolute atomic E-state index is 0.234. The Kier molecular flexibility index (Phi) is 4.84. The lowest BCUT2D eigenvalue weighted by Crippen LogP contribution is -2.30. The van der Waals surface area contributed by atoms with Gasteiger partial charge in [-0.2, -0.15) is 0 Å². The summed E-state index contributed by atoms with van der Waals surface area (Å²) in [6, 6.07) is 9.19. The number of hydroxylamine groups is 1.